The number of carboxylic acids is 2. The van der Waals surface area contributed by atoms with Crippen LogP contribution in [-0.2, 0) is 9.59 Å². The Morgan fingerprint density at radius 3 is 1.44 bits per heavy atom. The van der Waals surface area contributed by atoms with Crippen LogP contribution in [0.1, 0.15) is 25.7 Å². The van der Waals surface area contributed by atoms with Crippen LogP contribution in [0.3, 0.4) is 0 Å². The van der Waals surface area contributed by atoms with E-state index in [1.807, 2.05) is 14.1 Å². The lowest BCUT2D eigenvalue weighted by atomic mass is 9.87. The molecule has 94 valence electrons. The minimum atomic E-state index is -1.08. The predicted octanol–water partition coefficient (Wildman–Crippen LogP) is -0.108. The van der Waals surface area contributed by atoms with E-state index in [0.717, 1.165) is 12.1 Å². The third kappa shape index (κ3) is 6.36. The molecule has 6 heteroatoms. The zero-order valence-electron chi connectivity index (χ0n) is 9.69. The summed E-state index contributed by atoms with van der Waals surface area (Å²) in [4.78, 5) is 19.3. The molecule has 0 aromatic carbocycles. The Morgan fingerprint density at radius 2 is 1.31 bits per heavy atom. The molecule has 0 bridgehead atoms. The van der Waals surface area contributed by atoms with Gasteiger partial charge in [0.1, 0.15) is 0 Å². The van der Waals surface area contributed by atoms with Crippen molar-refractivity contribution < 1.29 is 19.8 Å². The first-order valence-electron chi connectivity index (χ1n) is 5.29. The van der Waals surface area contributed by atoms with E-state index in [2.05, 4.69) is 10.6 Å². The van der Waals surface area contributed by atoms with Crippen molar-refractivity contribution in [2.75, 3.05) is 14.1 Å². The predicted molar refractivity (Wildman–Crippen MR) is 59.4 cm³/mol. The van der Waals surface area contributed by atoms with Crippen LogP contribution in [0, 0.1) is 0 Å². The Kier molecular flexibility index (Phi) is 7.49. The van der Waals surface area contributed by atoms with E-state index in [9.17, 15) is 9.59 Å². The highest BCUT2D eigenvalue weighted by atomic mass is 16.4. The lowest BCUT2D eigenvalue weighted by molar-refractivity contribution is -0.143. The third-order valence-electron chi connectivity index (χ3n) is 2.57. The van der Waals surface area contributed by atoms with E-state index in [-0.39, 0.29) is 12.8 Å². The van der Waals surface area contributed by atoms with Crippen LogP contribution in [0.4, 0.5) is 0 Å². The summed E-state index contributed by atoms with van der Waals surface area (Å²) in [5, 5.41) is 22.3. The van der Waals surface area contributed by atoms with Crippen molar-refractivity contribution in [3.8, 4) is 0 Å². The average molecular weight is 232 g/mol. The maximum absolute atomic E-state index is 9.64. The lowest BCUT2D eigenvalue weighted by Gasteiger charge is -2.35. The number of aliphatic carboxylic acids is 2. The average Bonchev–Trinajstić information content (AvgIpc) is 2.16. The van der Waals surface area contributed by atoms with Gasteiger partial charge in [-0.1, -0.05) is 0 Å². The Morgan fingerprint density at radius 1 is 1.00 bits per heavy atom. The molecule has 2 atom stereocenters. The molecule has 0 spiro atoms. The van der Waals surface area contributed by atoms with Crippen LogP contribution in [0.15, 0.2) is 0 Å². The molecule has 16 heavy (non-hydrogen) atoms. The van der Waals surface area contributed by atoms with Gasteiger partial charge >= 0.3 is 11.9 Å². The van der Waals surface area contributed by atoms with Gasteiger partial charge in [0.05, 0.1) is 12.8 Å². The van der Waals surface area contributed by atoms with E-state index < -0.39 is 11.9 Å². The topological polar surface area (TPSA) is 98.7 Å². The Labute approximate surface area is 95.0 Å². The van der Waals surface area contributed by atoms with E-state index >= 15 is 0 Å². The molecule has 1 fully saturated rings. The fraction of sp³-hybridized carbons (Fsp3) is 0.800. The minimum Gasteiger partial charge on any atom is -0.481 e. The summed E-state index contributed by atoms with van der Waals surface area (Å²) in [5.74, 6) is -2.15. The first kappa shape index (κ1) is 14.9. The van der Waals surface area contributed by atoms with Crippen LogP contribution in [0.5, 0.6) is 0 Å². The van der Waals surface area contributed by atoms with Crippen molar-refractivity contribution in [2.24, 2.45) is 0 Å². The fourth-order valence-corrected chi connectivity index (χ4v) is 1.40. The minimum absolute atomic E-state index is 0.296. The molecular formula is C10H20N2O4. The first-order chi connectivity index (χ1) is 7.51. The number of rotatable bonds is 5. The molecule has 4 N–H and O–H groups in total. The van der Waals surface area contributed by atoms with Crippen molar-refractivity contribution in [2.45, 2.75) is 37.8 Å². The largest absolute Gasteiger partial charge is 0.481 e. The van der Waals surface area contributed by atoms with E-state index in [1.54, 1.807) is 0 Å². The first-order valence-corrected chi connectivity index (χ1v) is 5.29. The smallest absolute Gasteiger partial charge is 0.303 e. The third-order valence-corrected chi connectivity index (χ3v) is 2.57. The maximum Gasteiger partial charge on any atom is 0.303 e. The van der Waals surface area contributed by atoms with Crippen LogP contribution in [0.25, 0.3) is 0 Å². The fourth-order valence-electron chi connectivity index (χ4n) is 1.40. The quantitative estimate of drug-likeness (QED) is 0.528. The number of carbonyl (C=O) groups is 2. The van der Waals surface area contributed by atoms with Gasteiger partial charge in [-0.3, -0.25) is 9.59 Å². The molecule has 1 aliphatic rings. The summed E-state index contributed by atoms with van der Waals surface area (Å²) in [6, 6.07) is 1.47. The van der Waals surface area contributed by atoms with E-state index in [4.69, 9.17) is 10.2 Å². The van der Waals surface area contributed by atoms with Gasteiger partial charge < -0.3 is 20.8 Å². The number of nitrogens with one attached hydrogen (secondary N) is 2. The van der Waals surface area contributed by atoms with Gasteiger partial charge in [0.25, 0.3) is 0 Å². The second-order valence-corrected chi connectivity index (χ2v) is 3.66. The van der Waals surface area contributed by atoms with Crippen molar-refractivity contribution >= 4 is 11.9 Å². The SMILES string of the molecule is CNC1CCC1NC.O=C(O)CCC(=O)O. The molecule has 0 saturated heterocycles. The lowest BCUT2D eigenvalue weighted by Crippen LogP contribution is -2.52. The van der Waals surface area contributed by atoms with Gasteiger partial charge in [-0.2, -0.15) is 0 Å². The van der Waals surface area contributed by atoms with Gasteiger partial charge in [0.15, 0.2) is 0 Å². The molecule has 2 unspecified atom stereocenters. The van der Waals surface area contributed by atoms with Gasteiger partial charge in [0, 0.05) is 12.1 Å². The van der Waals surface area contributed by atoms with Crippen LogP contribution in [0.2, 0.25) is 0 Å². The standard InChI is InChI=1S/C6H14N2.C4H6O4/c1-7-5-3-4-6(5)8-2;5-3(6)1-2-4(7)8/h5-8H,3-4H2,1-2H3;1-2H2,(H,5,6)(H,7,8). The molecule has 1 saturated carbocycles. The van der Waals surface area contributed by atoms with Crippen LogP contribution < -0.4 is 10.6 Å². The monoisotopic (exact) mass is 232 g/mol. The molecule has 0 amide bonds. The summed E-state index contributed by atoms with van der Waals surface area (Å²) in [6.45, 7) is 0. The summed E-state index contributed by atoms with van der Waals surface area (Å²) >= 11 is 0. The molecule has 1 rings (SSSR count). The number of likely N-dealkylation sites (N-methyl/N-ethyl adjacent to an activating group) is 2. The summed E-state index contributed by atoms with van der Waals surface area (Å²) in [6.07, 6.45) is 2.08. The van der Waals surface area contributed by atoms with Crippen LogP contribution in [-0.4, -0.2) is 48.3 Å². The molecule has 0 heterocycles. The van der Waals surface area contributed by atoms with Crippen molar-refractivity contribution in [1.29, 1.82) is 0 Å². The normalized spacial score (nSPS) is 22.6. The summed E-state index contributed by atoms with van der Waals surface area (Å²) < 4.78 is 0. The van der Waals surface area contributed by atoms with Crippen molar-refractivity contribution in [1.82, 2.24) is 10.6 Å². The summed E-state index contributed by atoms with van der Waals surface area (Å²) in [5.41, 5.74) is 0. The Balaban J connectivity index is 0.000000281. The zero-order chi connectivity index (χ0) is 12.6. The number of carboxylic acid groups (broad SMARTS) is 2. The highest BCUT2D eigenvalue weighted by Gasteiger charge is 2.26. The van der Waals surface area contributed by atoms with Crippen molar-refractivity contribution in [3.63, 3.8) is 0 Å². The highest BCUT2D eigenvalue weighted by Crippen LogP contribution is 2.18. The van der Waals surface area contributed by atoms with E-state index in [0.29, 0.717) is 0 Å². The van der Waals surface area contributed by atoms with Gasteiger partial charge in [0.2, 0.25) is 0 Å². The zero-order valence-corrected chi connectivity index (χ0v) is 9.69. The summed E-state index contributed by atoms with van der Waals surface area (Å²) in [7, 11) is 4.04. The van der Waals surface area contributed by atoms with E-state index in [1.165, 1.54) is 12.8 Å². The van der Waals surface area contributed by atoms with Gasteiger partial charge in [-0.25, -0.2) is 0 Å². The highest BCUT2D eigenvalue weighted by molar-refractivity contribution is 5.75. The molecule has 0 radical (unpaired) electrons. The second kappa shape index (κ2) is 8.06. The molecule has 6 nitrogen and oxygen atoms in total. The molecular weight excluding hydrogens is 212 g/mol. The molecule has 0 aliphatic heterocycles. The van der Waals surface area contributed by atoms with Gasteiger partial charge in [-0.15, -0.1) is 0 Å². The molecule has 0 aromatic rings. The number of hydrogen-bond acceptors (Lipinski definition) is 4. The maximum atomic E-state index is 9.64. The second-order valence-electron chi connectivity index (χ2n) is 3.66. The molecule has 1 aliphatic carbocycles. The van der Waals surface area contributed by atoms with Crippen LogP contribution >= 0.6 is 0 Å². The van der Waals surface area contributed by atoms with Gasteiger partial charge in [-0.05, 0) is 26.9 Å². The molecule has 0 aromatic heterocycles. The Bertz CT molecular complexity index is 205. The Hall–Kier alpha value is -1.14. The number of hydrogen-bond donors (Lipinski definition) is 4. The van der Waals surface area contributed by atoms with Crippen molar-refractivity contribution in [3.05, 3.63) is 0 Å².